The van der Waals surface area contributed by atoms with Crippen LogP contribution < -0.4 is 15.8 Å². The topological polar surface area (TPSA) is 102 Å². The van der Waals surface area contributed by atoms with Gasteiger partial charge in [0.25, 0.3) is 5.91 Å². The molecule has 1 heterocycles. The van der Waals surface area contributed by atoms with Crippen molar-refractivity contribution in [3.8, 4) is 11.5 Å². The Bertz CT molecular complexity index is 890. The number of amides is 2. The van der Waals surface area contributed by atoms with E-state index in [1.807, 2.05) is 0 Å². The fourth-order valence-electron chi connectivity index (χ4n) is 2.13. The Labute approximate surface area is 135 Å². The van der Waals surface area contributed by atoms with Crippen LogP contribution in [0.2, 0.25) is 0 Å². The van der Waals surface area contributed by atoms with E-state index in [9.17, 15) is 14.7 Å². The van der Waals surface area contributed by atoms with Crippen LogP contribution in [-0.4, -0.2) is 17.1 Å². The number of nitrogens with two attached hydrogens (primary N) is 1. The molecule has 7 heteroatoms. The molecule has 0 fully saturated rings. The second-order valence-electron chi connectivity index (χ2n) is 4.68. The molecule has 3 rings (SSSR count). The number of para-hydroxylation sites is 1. The van der Waals surface area contributed by atoms with Crippen molar-refractivity contribution in [3.05, 3.63) is 54.1 Å². The lowest BCUT2D eigenvalue weighted by atomic mass is 10.1. The number of ether oxygens (including phenoxy) is 1. The van der Waals surface area contributed by atoms with Gasteiger partial charge in [0.05, 0.1) is 5.56 Å². The number of thiophene rings is 1. The summed E-state index contributed by atoms with van der Waals surface area (Å²) < 4.78 is 5.76. The average Bonchev–Trinajstić information content (AvgIpc) is 2.84. The molecule has 0 bridgehead atoms. The van der Waals surface area contributed by atoms with Crippen molar-refractivity contribution in [2.24, 2.45) is 5.73 Å². The van der Waals surface area contributed by atoms with Crippen LogP contribution in [0, 0.1) is 0 Å². The molecule has 0 saturated heterocycles. The largest absolute Gasteiger partial charge is 0.508 e. The van der Waals surface area contributed by atoms with Gasteiger partial charge in [-0.05, 0) is 30.3 Å². The lowest BCUT2D eigenvalue weighted by Crippen LogP contribution is -2.19. The van der Waals surface area contributed by atoms with Crippen LogP contribution in [-0.2, 0) is 0 Å². The smallest absolute Gasteiger partial charge is 0.417 e. The van der Waals surface area contributed by atoms with Crippen molar-refractivity contribution in [2.75, 3.05) is 5.32 Å². The molecule has 0 aliphatic carbocycles. The molecule has 0 unspecified atom stereocenters. The first-order valence-corrected chi connectivity index (χ1v) is 7.45. The predicted molar refractivity (Wildman–Crippen MR) is 88.1 cm³/mol. The predicted octanol–water partition coefficient (Wildman–Crippen LogP) is 3.32. The van der Waals surface area contributed by atoms with Crippen LogP contribution >= 0.6 is 11.3 Å². The first-order chi connectivity index (χ1) is 11.0. The molecule has 0 saturated carbocycles. The maximum atomic E-state index is 12.0. The number of phenols is 1. The zero-order valence-electron chi connectivity index (χ0n) is 11.8. The minimum atomic E-state index is -0.727. The molecule has 6 nitrogen and oxygen atoms in total. The summed E-state index contributed by atoms with van der Waals surface area (Å²) in [6.07, 6.45) is -0.727. The van der Waals surface area contributed by atoms with Gasteiger partial charge in [0.2, 0.25) is 0 Å². The third kappa shape index (κ3) is 3.09. The molecular weight excluding hydrogens is 316 g/mol. The van der Waals surface area contributed by atoms with Crippen molar-refractivity contribution in [1.29, 1.82) is 0 Å². The number of aromatic hydroxyl groups is 1. The molecule has 2 aromatic carbocycles. The standard InChI is InChI=1S/C16H12N2O4S/c17-14(20)13-11-7-6-9(19)8-12(11)23-15(13)18-16(21)22-10-4-2-1-3-5-10/h1-8,19H,(H2,17,20)(H,18,21). The van der Waals surface area contributed by atoms with Gasteiger partial charge >= 0.3 is 6.09 Å². The van der Waals surface area contributed by atoms with Gasteiger partial charge < -0.3 is 15.6 Å². The maximum Gasteiger partial charge on any atom is 0.417 e. The van der Waals surface area contributed by atoms with Crippen LogP contribution in [0.5, 0.6) is 11.5 Å². The molecule has 2 amide bonds. The quantitative estimate of drug-likeness (QED) is 0.686. The highest BCUT2D eigenvalue weighted by atomic mass is 32.1. The van der Waals surface area contributed by atoms with Crippen LogP contribution in [0.25, 0.3) is 10.1 Å². The zero-order valence-corrected chi connectivity index (χ0v) is 12.6. The summed E-state index contributed by atoms with van der Waals surface area (Å²) in [5, 5.41) is 12.9. The van der Waals surface area contributed by atoms with Gasteiger partial charge in [0.1, 0.15) is 16.5 Å². The normalized spacial score (nSPS) is 10.4. The Morgan fingerprint density at radius 1 is 1.13 bits per heavy atom. The Morgan fingerprint density at radius 3 is 2.57 bits per heavy atom. The van der Waals surface area contributed by atoms with E-state index in [4.69, 9.17) is 10.5 Å². The van der Waals surface area contributed by atoms with E-state index in [0.29, 0.717) is 15.8 Å². The number of anilines is 1. The fraction of sp³-hybridized carbons (Fsp3) is 0. The third-order valence-corrected chi connectivity index (χ3v) is 4.16. The first-order valence-electron chi connectivity index (χ1n) is 6.64. The van der Waals surface area contributed by atoms with Gasteiger partial charge in [-0.2, -0.15) is 0 Å². The number of hydrogen-bond acceptors (Lipinski definition) is 5. The van der Waals surface area contributed by atoms with Crippen LogP contribution in [0.1, 0.15) is 10.4 Å². The van der Waals surface area contributed by atoms with Gasteiger partial charge in [-0.25, -0.2) is 4.79 Å². The minimum absolute atomic E-state index is 0.0631. The second-order valence-corrected chi connectivity index (χ2v) is 5.73. The zero-order chi connectivity index (χ0) is 16.4. The molecule has 4 N–H and O–H groups in total. The van der Waals surface area contributed by atoms with E-state index in [2.05, 4.69) is 5.32 Å². The van der Waals surface area contributed by atoms with E-state index >= 15 is 0 Å². The number of hydrogen-bond donors (Lipinski definition) is 3. The summed E-state index contributed by atoms with van der Waals surface area (Å²) in [6, 6.07) is 13.1. The highest BCUT2D eigenvalue weighted by molar-refractivity contribution is 7.23. The Kier molecular flexibility index (Phi) is 3.86. The highest BCUT2D eigenvalue weighted by Gasteiger charge is 2.19. The summed E-state index contributed by atoms with van der Waals surface area (Å²) >= 11 is 1.13. The van der Waals surface area contributed by atoms with Crippen LogP contribution in [0.15, 0.2) is 48.5 Å². The Hall–Kier alpha value is -3.06. The minimum Gasteiger partial charge on any atom is -0.508 e. The molecule has 23 heavy (non-hydrogen) atoms. The van der Waals surface area contributed by atoms with E-state index in [1.165, 1.54) is 12.1 Å². The number of rotatable bonds is 3. The lowest BCUT2D eigenvalue weighted by molar-refractivity contribution is 0.100. The van der Waals surface area contributed by atoms with Crippen molar-refractivity contribution in [3.63, 3.8) is 0 Å². The van der Waals surface area contributed by atoms with Gasteiger partial charge in [0, 0.05) is 10.1 Å². The molecular formula is C16H12N2O4S. The molecule has 0 radical (unpaired) electrons. The summed E-state index contributed by atoms with van der Waals surface area (Å²) in [6.45, 7) is 0. The Morgan fingerprint density at radius 2 is 1.87 bits per heavy atom. The SMILES string of the molecule is NC(=O)c1c(NC(=O)Oc2ccccc2)sc2cc(O)ccc12. The summed E-state index contributed by atoms with van der Waals surface area (Å²) in [4.78, 5) is 23.7. The number of carbonyl (C=O) groups is 2. The van der Waals surface area contributed by atoms with Gasteiger partial charge in [-0.15, -0.1) is 11.3 Å². The Balaban J connectivity index is 1.91. The number of nitrogens with one attached hydrogen (secondary N) is 1. The van der Waals surface area contributed by atoms with Crippen LogP contribution in [0.4, 0.5) is 9.80 Å². The van der Waals surface area contributed by atoms with Crippen molar-refractivity contribution < 1.29 is 19.4 Å². The first kappa shape index (κ1) is 14.9. The van der Waals surface area contributed by atoms with E-state index < -0.39 is 12.0 Å². The number of phenolic OH excluding ortho intramolecular Hbond substituents is 1. The molecule has 0 aliphatic heterocycles. The van der Waals surface area contributed by atoms with Gasteiger partial charge in [0.15, 0.2) is 0 Å². The summed E-state index contributed by atoms with van der Waals surface area (Å²) in [5.41, 5.74) is 5.59. The third-order valence-electron chi connectivity index (χ3n) is 3.09. The number of primary amides is 1. The fourth-order valence-corrected chi connectivity index (χ4v) is 3.26. The summed E-state index contributed by atoms with van der Waals surface area (Å²) in [7, 11) is 0. The maximum absolute atomic E-state index is 12.0. The number of carbonyl (C=O) groups excluding carboxylic acids is 2. The molecule has 0 atom stereocenters. The van der Waals surface area contributed by atoms with E-state index in [1.54, 1.807) is 36.4 Å². The van der Waals surface area contributed by atoms with Crippen molar-refractivity contribution in [1.82, 2.24) is 0 Å². The number of benzene rings is 2. The van der Waals surface area contributed by atoms with Crippen LogP contribution in [0.3, 0.4) is 0 Å². The summed E-state index contributed by atoms with van der Waals surface area (Å²) in [5.74, 6) is -0.227. The number of fused-ring (bicyclic) bond motifs is 1. The lowest BCUT2D eigenvalue weighted by Gasteiger charge is -2.06. The molecule has 1 aromatic heterocycles. The van der Waals surface area contributed by atoms with Gasteiger partial charge in [-0.3, -0.25) is 10.1 Å². The van der Waals surface area contributed by atoms with E-state index in [0.717, 1.165) is 11.3 Å². The highest BCUT2D eigenvalue weighted by Crippen LogP contribution is 2.37. The molecule has 3 aromatic rings. The second kappa shape index (κ2) is 5.98. The van der Waals surface area contributed by atoms with E-state index in [-0.39, 0.29) is 16.3 Å². The van der Waals surface area contributed by atoms with Crippen molar-refractivity contribution in [2.45, 2.75) is 0 Å². The average molecular weight is 328 g/mol. The molecule has 0 aliphatic rings. The monoisotopic (exact) mass is 328 g/mol. The van der Waals surface area contributed by atoms with Gasteiger partial charge in [-0.1, -0.05) is 18.2 Å². The van der Waals surface area contributed by atoms with Crippen molar-refractivity contribution >= 4 is 38.4 Å². The molecule has 116 valence electrons. The molecule has 0 spiro atoms.